The molecule has 0 spiro atoms. The second-order valence-corrected chi connectivity index (χ2v) is 32.6. The number of aliphatic hydroxyl groups excluding tert-OH is 1. The Bertz CT molecular complexity index is 1880. The van der Waals surface area contributed by atoms with Gasteiger partial charge in [0.15, 0.2) is 12.2 Å². The van der Waals surface area contributed by atoms with Gasteiger partial charge in [0, 0.05) is 25.7 Å². The van der Waals surface area contributed by atoms with Crippen molar-refractivity contribution in [2.24, 2.45) is 23.7 Å². The first-order chi connectivity index (χ1) is 46.1. The molecular weight excluding hydrogens is 1260 g/mol. The number of aliphatic hydroxyl groups is 1. The molecule has 0 bridgehead atoms. The summed E-state index contributed by atoms with van der Waals surface area (Å²) in [5.41, 5.74) is 0. The second kappa shape index (κ2) is 66.3. The molecule has 3 unspecified atom stereocenters. The molecule has 5 atom stereocenters. The van der Waals surface area contributed by atoms with E-state index in [1.165, 1.54) is 193 Å². The van der Waals surface area contributed by atoms with Gasteiger partial charge in [0.05, 0.1) is 26.4 Å². The maximum atomic E-state index is 13.1. The van der Waals surface area contributed by atoms with Crippen LogP contribution in [0.3, 0.4) is 0 Å². The van der Waals surface area contributed by atoms with Crippen LogP contribution in [0, 0.1) is 23.7 Å². The third kappa shape index (κ3) is 70.5. The van der Waals surface area contributed by atoms with Gasteiger partial charge in [-0.15, -0.1) is 0 Å². The largest absolute Gasteiger partial charge is 0.472 e. The molecule has 0 aromatic rings. The topological polar surface area (TPSA) is 237 Å². The molecule has 3 N–H and O–H groups in total. The number of esters is 4. The highest BCUT2D eigenvalue weighted by Gasteiger charge is 2.30. The molecule has 0 amide bonds. The van der Waals surface area contributed by atoms with Gasteiger partial charge in [-0.05, 0) is 49.4 Å². The number of unbranched alkanes of at least 4 members (excludes halogenated alkanes) is 40. The number of phosphoric ester groups is 2. The van der Waals surface area contributed by atoms with E-state index < -0.39 is 97.5 Å². The van der Waals surface area contributed by atoms with Crippen LogP contribution in [0.15, 0.2) is 0 Å². The Morgan fingerprint density at radius 3 is 0.646 bits per heavy atom. The minimum absolute atomic E-state index is 0.105. The molecule has 0 aliphatic carbocycles. The molecule has 0 aromatic heterocycles. The Labute approximate surface area is 588 Å². The van der Waals surface area contributed by atoms with Crippen molar-refractivity contribution < 1.29 is 80.2 Å². The average molecular weight is 1410 g/mol. The zero-order valence-electron chi connectivity index (χ0n) is 63.0. The standard InChI is InChI=1S/C77H150O17P2/c1-67(2)53-45-37-29-21-15-11-9-13-17-24-33-41-49-57-74(79)87-63-72(93-76(81)59-51-43-35-25-18-14-10-12-16-22-30-38-46-54-68(3)4)65-91-95(83,84)89-61-71(78)62-90-96(85,86)92-66-73(64-88-75(80)58-50-42-34-28-27-32-40-48-56-70(7)8)94-77(82)60-52-44-36-26-20-19-23-31-39-47-55-69(5)6/h67-73,78H,9-66H2,1-8H3,(H,83,84)(H,85,86)/t71?,72-,73-/m1/s1. The Hall–Kier alpha value is -1.94. The van der Waals surface area contributed by atoms with Crippen LogP contribution in [0.1, 0.15) is 389 Å². The van der Waals surface area contributed by atoms with Crippen LogP contribution in [0.4, 0.5) is 0 Å². The molecule has 0 heterocycles. The highest BCUT2D eigenvalue weighted by Crippen LogP contribution is 2.45. The van der Waals surface area contributed by atoms with Crippen molar-refractivity contribution in [2.75, 3.05) is 39.6 Å². The molecule has 0 saturated heterocycles. The molecule has 0 saturated carbocycles. The third-order valence-corrected chi connectivity index (χ3v) is 19.7. The summed E-state index contributed by atoms with van der Waals surface area (Å²) in [5, 5.41) is 10.6. The third-order valence-electron chi connectivity index (χ3n) is 17.8. The molecule has 96 heavy (non-hydrogen) atoms. The van der Waals surface area contributed by atoms with E-state index in [0.29, 0.717) is 25.7 Å². The van der Waals surface area contributed by atoms with Crippen LogP contribution < -0.4 is 0 Å². The minimum atomic E-state index is -4.96. The second-order valence-electron chi connectivity index (χ2n) is 29.7. The normalized spacial score (nSPS) is 14.1. The van der Waals surface area contributed by atoms with Crippen LogP contribution in [0.2, 0.25) is 0 Å². The van der Waals surface area contributed by atoms with Crippen LogP contribution in [-0.4, -0.2) is 96.7 Å². The summed E-state index contributed by atoms with van der Waals surface area (Å²) in [5.74, 6) is 0.937. The monoisotopic (exact) mass is 1410 g/mol. The van der Waals surface area contributed by atoms with Gasteiger partial charge in [-0.25, -0.2) is 9.13 Å². The lowest BCUT2D eigenvalue weighted by Crippen LogP contribution is -2.30. The van der Waals surface area contributed by atoms with Gasteiger partial charge >= 0.3 is 39.5 Å². The number of carbonyl (C=O) groups excluding carboxylic acids is 4. The van der Waals surface area contributed by atoms with Crippen molar-refractivity contribution >= 4 is 39.5 Å². The van der Waals surface area contributed by atoms with Crippen molar-refractivity contribution in [1.82, 2.24) is 0 Å². The smallest absolute Gasteiger partial charge is 0.462 e. The molecule has 0 radical (unpaired) electrons. The quantitative estimate of drug-likeness (QED) is 0.0222. The van der Waals surface area contributed by atoms with Gasteiger partial charge in [-0.2, -0.15) is 0 Å². The molecule has 0 aliphatic heterocycles. The van der Waals surface area contributed by atoms with Gasteiger partial charge in [-0.1, -0.05) is 338 Å². The first-order valence-corrected chi connectivity index (χ1v) is 42.7. The number of ether oxygens (including phenoxy) is 4. The fourth-order valence-corrected chi connectivity index (χ4v) is 13.3. The Balaban J connectivity index is 5.26. The van der Waals surface area contributed by atoms with Crippen molar-refractivity contribution in [2.45, 2.75) is 408 Å². The zero-order chi connectivity index (χ0) is 71.0. The first-order valence-electron chi connectivity index (χ1n) is 39.7. The summed E-state index contributed by atoms with van der Waals surface area (Å²) in [7, 11) is -9.92. The molecule has 0 aromatic carbocycles. The summed E-state index contributed by atoms with van der Waals surface area (Å²) in [4.78, 5) is 72.9. The average Bonchev–Trinajstić information content (AvgIpc) is 3.30. The van der Waals surface area contributed by atoms with Crippen molar-refractivity contribution in [3.63, 3.8) is 0 Å². The summed E-state index contributed by atoms with van der Waals surface area (Å²) < 4.78 is 68.6. The number of hydrogen-bond donors (Lipinski definition) is 3. The highest BCUT2D eigenvalue weighted by atomic mass is 31.2. The van der Waals surface area contributed by atoms with E-state index in [1.54, 1.807) is 0 Å². The molecule has 17 nitrogen and oxygen atoms in total. The van der Waals surface area contributed by atoms with Crippen LogP contribution in [0.25, 0.3) is 0 Å². The van der Waals surface area contributed by atoms with Crippen molar-refractivity contribution in [3.05, 3.63) is 0 Å². The first kappa shape index (κ1) is 94.1. The van der Waals surface area contributed by atoms with E-state index in [0.717, 1.165) is 114 Å². The van der Waals surface area contributed by atoms with E-state index >= 15 is 0 Å². The molecule has 19 heteroatoms. The van der Waals surface area contributed by atoms with Crippen molar-refractivity contribution in [3.8, 4) is 0 Å². The molecule has 0 fully saturated rings. The SMILES string of the molecule is CC(C)CCCCCCCCCCCCCCCC(=O)OC[C@H](COP(=O)(O)OCC(O)COP(=O)(O)OC[C@@H](COC(=O)CCCCCCCCCCC(C)C)OC(=O)CCCCCCCCCCCCC(C)C)OC(=O)CCCCCCCCCCCCCCCC(C)C. The maximum Gasteiger partial charge on any atom is 0.472 e. The summed E-state index contributed by atoms with van der Waals surface area (Å²) in [6.07, 6.45) is 51.3. The molecular formula is C77H150O17P2. The Morgan fingerprint density at radius 2 is 0.438 bits per heavy atom. The predicted octanol–water partition coefficient (Wildman–Crippen LogP) is 22.4. The van der Waals surface area contributed by atoms with Gasteiger partial charge in [0.1, 0.15) is 19.3 Å². The van der Waals surface area contributed by atoms with E-state index in [-0.39, 0.29) is 25.7 Å². The van der Waals surface area contributed by atoms with E-state index in [2.05, 4.69) is 55.4 Å². The fraction of sp³-hybridized carbons (Fsp3) is 0.948. The molecule has 0 aliphatic rings. The lowest BCUT2D eigenvalue weighted by molar-refractivity contribution is -0.161. The minimum Gasteiger partial charge on any atom is -0.462 e. The Morgan fingerprint density at radius 1 is 0.260 bits per heavy atom. The van der Waals surface area contributed by atoms with Crippen LogP contribution in [-0.2, 0) is 65.4 Å². The molecule has 570 valence electrons. The van der Waals surface area contributed by atoms with Gasteiger partial charge < -0.3 is 33.8 Å². The lowest BCUT2D eigenvalue weighted by Gasteiger charge is -2.21. The maximum absolute atomic E-state index is 13.1. The molecule has 0 rings (SSSR count). The van der Waals surface area contributed by atoms with Crippen molar-refractivity contribution in [1.29, 1.82) is 0 Å². The van der Waals surface area contributed by atoms with E-state index in [4.69, 9.17) is 37.0 Å². The number of phosphoric acid groups is 2. The summed E-state index contributed by atoms with van der Waals surface area (Å²) in [6, 6.07) is 0. The van der Waals surface area contributed by atoms with Gasteiger partial charge in [0.25, 0.3) is 0 Å². The van der Waals surface area contributed by atoms with Crippen LogP contribution in [0.5, 0.6) is 0 Å². The number of carbonyl (C=O) groups is 4. The number of hydrogen-bond acceptors (Lipinski definition) is 15. The van der Waals surface area contributed by atoms with Gasteiger partial charge in [0.2, 0.25) is 0 Å². The number of rotatable bonds is 74. The fourth-order valence-electron chi connectivity index (χ4n) is 11.7. The van der Waals surface area contributed by atoms with E-state index in [1.807, 2.05) is 0 Å². The highest BCUT2D eigenvalue weighted by molar-refractivity contribution is 7.47. The predicted molar refractivity (Wildman–Crippen MR) is 391 cm³/mol. The van der Waals surface area contributed by atoms with Crippen LogP contribution >= 0.6 is 15.6 Å². The Kier molecular flexibility index (Phi) is 65.0. The zero-order valence-corrected chi connectivity index (χ0v) is 64.8. The van der Waals surface area contributed by atoms with E-state index in [9.17, 15) is 43.2 Å². The van der Waals surface area contributed by atoms with Gasteiger partial charge in [-0.3, -0.25) is 37.3 Å². The lowest BCUT2D eigenvalue weighted by atomic mass is 10.0. The summed E-state index contributed by atoms with van der Waals surface area (Å²) >= 11 is 0. The summed E-state index contributed by atoms with van der Waals surface area (Å²) in [6.45, 7) is 14.2.